The van der Waals surface area contributed by atoms with Gasteiger partial charge in [0.1, 0.15) is 11.4 Å². The van der Waals surface area contributed by atoms with Crippen LogP contribution in [0.3, 0.4) is 0 Å². The molecule has 2 aromatic rings. The Hall–Kier alpha value is -2.53. The third kappa shape index (κ3) is 5.04. The maximum absolute atomic E-state index is 12.4. The van der Waals surface area contributed by atoms with Crippen LogP contribution in [0.25, 0.3) is 11.1 Å². The van der Waals surface area contributed by atoms with Crippen molar-refractivity contribution in [3.63, 3.8) is 0 Å². The smallest absolute Gasteiger partial charge is 0.406 e. The van der Waals surface area contributed by atoms with Gasteiger partial charge in [0.05, 0.1) is 18.9 Å². The molecule has 0 bridgehead atoms. The van der Waals surface area contributed by atoms with Crippen LogP contribution in [0.5, 0.6) is 5.75 Å². The molecule has 0 saturated heterocycles. The van der Waals surface area contributed by atoms with Gasteiger partial charge >= 0.3 is 6.36 Å². The molecule has 1 aliphatic heterocycles. The quantitative estimate of drug-likeness (QED) is 0.729. The summed E-state index contributed by atoms with van der Waals surface area (Å²) in [4.78, 5) is 12.1. The standard InChI is InChI=1S/C17H17F3N2O5S/c1-28(24,25)26-6-5-13-9-21-16(23)15-8-12(10-22(13)15)11-3-2-4-14(7-11)27-17(18,19)20/h2-4,7-8,10,13H,5-6,9H2,1H3,(H,21,23). The number of carbonyl (C=O) groups is 1. The predicted octanol–water partition coefficient (Wildman–Crippen LogP) is 2.70. The number of benzene rings is 1. The second kappa shape index (κ2) is 7.47. The van der Waals surface area contributed by atoms with E-state index in [1.807, 2.05) is 0 Å². The lowest BCUT2D eigenvalue weighted by Crippen LogP contribution is -2.38. The zero-order chi connectivity index (χ0) is 20.5. The molecule has 0 aliphatic carbocycles. The second-order valence-electron chi connectivity index (χ2n) is 6.28. The Bertz CT molecular complexity index is 985. The van der Waals surface area contributed by atoms with Crippen LogP contribution in [-0.2, 0) is 14.3 Å². The summed E-state index contributed by atoms with van der Waals surface area (Å²) in [6.45, 7) is 0.228. The van der Waals surface area contributed by atoms with E-state index in [0.717, 1.165) is 6.26 Å². The number of aromatic nitrogens is 1. The monoisotopic (exact) mass is 418 g/mol. The summed E-state index contributed by atoms with van der Waals surface area (Å²) >= 11 is 0. The van der Waals surface area contributed by atoms with E-state index < -0.39 is 16.5 Å². The van der Waals surface area contributed by atoms with Gasteiger partial charge in [-0.2, -0.15) is 8.42 Å². The van der Waals surface area contributed by atoms with Crippen LogP contribution in [0.1, 0.15) is 23.0 Å². The van der Waals surface area contributed by atoms with Crippen molar-refractivity contribution in [2.24, 2.45) is 0 Å². The van der Waals surface area contributed by atoms with E-state index in [2.05, 4.69) is 10.1 Å². The van der Waals surface area contributed by atoms with E-state index in [9.17, 15) is 26.4 Å². The molecule has 0 radical (unpaired) electrons. The first-order valence-electron chi connectivity index (χ1n) is 8.22. The van der Waals surface area contributed by atoms with Gasteiger partial charge in [0.15, 0.2) is 0 Å². The number of halogens is 3. The van der Waals surface area contributed by atoms with Gasteiger partial charge in [0, 0.05) is 18.3 Å². The van der Waals surface area contributed by atoms with Crippen LogP contribution < -0.4 is 10.1 Å². The summed E-state index contributed by atoms with van der Waals surface area (Å²) in [7, 11) is -3.57. The number of alkyl halides is 3. The van der Waals surface area contributed by atoms with E-state index in [0.29, 0.717) is 23.2 Å². The summed E-state index contributed by atoms with van der Waals surface area (Å²) in [5.74, 6) is -0.689. The van der Waals surface area contributed by atoms with Crippen molar-refractivity contribution >= 4 is 16.0 Å². The Morgan fingerprint density at radius 3 is 2.68 bits per heavy atom. The third-order valence-electron chi connectivity index (χ3n) is 4.12. The van der Waals surface area contributed by atoms with E-state index in [1.165, 1.54) is 18.2 Å². The molecule has 1 unspecified atom stereocenters. The lowest BCUT2D eigenvalue weighted by atomic mass is 10.1. The summed E-state index contributed by atoms with van der Waals surface area (Å²) < 4.78 is 69.9. The van der Waals surface area contributed by atoms with E-state index >= 15 is 0 Å². The summed E-state index contributed by atoms with van der Waals surface area (Å²) in [5.41, 5.74) is 1.31. The minimum Gasteiger partial charge on any atom is -0.406 e. The van der Waals surface area contributed by atoms with Crippen molar-refractivity contribution in [2.45, 2.75) is 18.8 Å². The molecule has 1 aromatic carbocycles. The number of ether oxygens (including phenoxy) is 1. The third-order valence-corrected chi connectivity index (χ3v) is 4.72. The number of rotatable bonds is 6. The van der Waals surface area contributed by atoms with E-state index in [4.69, 9.17) is 4.18 Å². The molecule has 2 heterocycles. The lowest BCUT2D eigenvalue weighted by Gasteiger charge is -2.26. The van der Waals surface area contributed by atoms with E-state index in [1.54, 1.807) is 22.9 Å². The van der Waals surface area contributed by atoms with Crippen LogP contribution >= 0.6 is 0 Å². The molecular weight excluding hydrogens is 401 g/mol. The maximum atomic E-state index is 12.4. The van der Waals surface area contributed by atoms with Crippen LogP contribution in [0.15, 0.2) is 36.5 Å². The van der Waals surface area contributed by atoms with Gasteiger partial charge in [-0.1, -0.05) is 12.1 Å². The van der Waals surface area contributed by atoms with Crippen molar-refractivity contribution < 1.29 is 35.3 Å². The normalized spacial score (nSPS) is 17.1. The van der Waals surface area contributed by atoms with Crippen LogP contribution in [-0.4, -0.2) is 44.7 Å². The zero-order valence-corrected chi connectivity index (χ0v) is 15.5. The van der Waals surface area contributed by atoms with Crippen molar-refractivity contribution in [3.8, 4) is 16.9 Å². The van der Waals surface area contributed by atoms with Gasteiger partial charge in [-0.15, -0.1) is 13.2 Å². The highest BCUT2D eigenvalue weighted by atomic mass is 32.2. The highest BCUT2D eigenvalue weighted by Crippen LogP contribution is 2.31. The minimum atomic E-state index is -4.80. The Morgan fingerprint density at radius 2 is 2.00 bits per heavy atom. The van der Waals surface area contributed by atoms with Gasteiger partial charge < -0.3 is 14.6 Å². The number of carbonyl (C=O) groups excluding carboxylic acids is 1. The van der Waals surface area contributed by atoms with Crippen LogP contribution in [0, 0.1) is 0 Å². The maximum Gasteiger partial charge on any atom is 0.573 e. The number of nitrogens with zero attached hydrogens (tertiary/aromatic N) is 1. The van der Waals surface area contributed by atoms with Gasteiger partial charge in [-0.25, -0.2) is 0 Å². The van der Waals surface area contributed by atoms with Crippen molar-refractivity contribution in [3.05, 3.63) is 42.2 Å². The molecule has 1 aromatic heterocycles. The fourth-order valence-corrected chi connectivity index (χ4v) is 3.37. The number of fused-ring (bicyclic) bond motifs is 1. The predicted molar refractivity (Wildman–Crippen MR) is 93.3 cm³/mol. The van der Waals surface area contributed by atoms with Crippen molar-refractivity contribution in [1.29, 1.82) is 0 Å². The van der Waals surface area contributed by atoms with Crippen molar-refractivity contribution in [2.75, 3.05) is 19.4 Å². The number of hydrogen-bond donors (Lipinski definition) is 1. The summed E-state index contributed by atoms with van der Waals surface area (Å²) in [6, 6.07) is 6.75. The Balaban J connectivity index is 1.85. The van der Waals surface area contributed by atoms with Crippen molar-refractivity contribution in [1.82, 2.24) is 9.88 Å². The first-order chi connectivity index (χ1) is 13.0. The van der Waals surface area contributed by atoms with Crippen LogP contribution in [0.4, 0.5) is 13.2 Å². The number of hydrogen-bond acceptors (Lipinski definition) is 5. The fraction of sp³-hybridized carbons (Fsp3) is 0.353. The largest absolute Gasteiger partial charge is 0.573 e. The summed E-state index contributed by atoms with van der Waals surface area (Å²) in [6.07, 6.45) is -1.88. The highest BCUT2D eigenvalue weighted by Gasteiger charge is 2.31. The summed E-state index contributed by atoms with van der Waals surface area (Å²) in [5, 5.41) is 2.70. The molecule has 3 rings (SSSR count). The van der Waals surface area contributed by atoms with E-state index in [-0.39, 0.29) is 30.9 Å². The molecule has 7 nitrogen and oxygen atoms in total. The molecule has 1 aliphatic rings. The van der Waals surface area contributed by atoms with Gasteiger partial charge in [0.2, 0.25) is 0 Å². The number of amides is 1. The zero-order valence-electron chi connectivity index (χ0n) is 14.7. The topological polar surface area (TPSA) is 86.6 Å². The Morgan fingerprint density at radius 1 is 1.25 bits per heavy atom. The van der Waals surface area contributed by atoms with Gasteiger partial charge in [-0.05, 0) is 30.2 Å². The molecule has 1 N–H and O–H groups in total. The molecule has 0 spiro atoms. The highest BCUT2D eigenvalue weighted by molar-refractivity contribution is 7.85. The molecule has 152 valence electrons. The molecular formula is C17H17F3N2O5S. The van der Waals surface area contributed by atoms with Gasteiger partial charge in [-0.3, -0.25) is 8.98 Å². The molecule has 1 atom stereocenters. The second-order valence-corrected chi connectivity index (χ2v) is 7.92. The average Bonchev–Trinajstić information content (AvgIpc) is 3.01. The molecule has 1 amide bonds. The molecule has 28 heavy (non-hydrogen) atoms. The number of nitrogens with one attached hydrogen (secondary N) is 1. The molecule has 0 fully saturated rings. The average molecular weight is 418 g/mol. The fourth-order valence-electron chi connectivity index (χ4n) is 2.97. The minimum absolute atomic E-state index is 0.0543. The first kappa shape index (κ1) is 20.2. The first-order valence-corrected chi connectivity index (χ1v) is 10.0. The van der Waals surface area contributed by atoms with Gasteiger partial charge in [0.25, 0.3) is 16.0 Å². The van der Waals surface area contributed by atoms with Crippen LogP contribution in [0.2, 0.25) is 0 Å². The Labute approximate surface area is 159 Å². The lowest BCUT2D eigenvalue weighted by molar-refractivity contribution is -0.274. The molecule has 0 saturated carbocycles. The Kier molecular flexibility index (Phi) is 5.39. The molecule has 11 heteroatoms. The SMILES string of the molecule is CS(=O)(=O)OCCC1CNC(=O)c2cc(-c3cccc(OC(F)(F)F)c3)cn21.